The van der Waals surface area contributed by atoms with Crippen molar-refractivity contribution in [2.45, 2.75) is 10.8 Å². The van der Waals surface area contributed by atoms with Gasteiger partial charge in [-0.15, -0.1) is 0 Å². The van der Waals surface area contributed by atoms with Crippen molar-refractivity contribution in [3.63, 3.8) is 0 Å². The molecule has 0 saturated heterocycles. The highest BCUT2D eigenvalue weighted by Crippen LogP contribution is 2.65. The third kappa shape index (κ3) is 4.64. The molecule has 0 radical (unpaired) electrons. The van der Waals surface area contributed by atoms with E-state index in [4.69, 9.17) is 0 Å². The van der Waals surface area contributed by atoms with E-state index in [2.05, 4.69) is 231 Å². The topological polar surface area (TPSA) is 34.1 Å². The number of hydrogen-bond acceptors (Lipinski definition) is 2. The summed E-state index contributed by atoms with van der Waals surface area (Å²) in [6, 6.07) is 88.0. The van der Waals surface area contributed by atoms with E-state index in [9.17, 15) is 0 Å². The van der Waals surface area contributed by atoms with Crippen molar-refractivity contribution in [2.75, 3.05) is 0 Å². The largest absolute Gasteiger partial charge is 0.289 e. The van der Waals surface area contributed by atoms with Crippen LogP contribution in [0.25, 0.3) is 121 Å². The van der Waals surface area contributed by atoms with Gasteiger partial charge in [-0.25, -0.2) is 0 Å². The Morgan fingerprint density at radius 1 is 0.197 bits per heavy atom. The molecule has 0 aromatic heterocycles. The molecule has 2 heteroatoms. The van der Waals surface area contributed by atoms with Gasteiger partial charge in [-0.2, -0.15) is 0 Å². The van der Waals surface area contributed by atoms with Crippen LogP contribution >= 0.6 is 0 Å². The molecule has 0 fully saturated rings. The highest BCUT2D eigenvalue weighted by Gasteiger charge is 2.53. The van der Waals surface area contributed by atoms with Crippen molar-refractivity contribution < 1.29 is 0 Å². The van der Waals surface area contributed by atoms with Gasteiger partial charge in [0.15, 0.2) is 10.9 Å². The van der Waals surface area contributed by atoms with Gasteiger partial charge < -0.3 is 0 Å². The first-order valence-electron chi connectivity index (χ1n) is 26.4. The van der Waals surface area contributed by atoms with Gasteiger partial charge in [-0.05, 0) is 157 Å². The molecular formula is C74H40O2. The zero-order valence-corrected chi connectivity index (χ0v) is 40.9. The SMILES string of the molecule is O=c1c2cc(-c3ccc4c(c3)-c3ccccc3C43c4ccccc4-c4ccccc43)ccc2c2c3ccccc3c3c4ccc(-c5ccc6c(c5)C5(c7ccccc7-c7ccccc75)c5ccccc5-6)cc4c(=O)c3c12. The maximum atomic E-state index is 15.4. The van der Waals surface area contributed by atoms with E-state index in [1.165, 1.54) is 89.0 Å². The minimum atomic E-state index is -0.475. The van der Waals surface area contributed by atoms with Crippen LogP contribution in [-0.2, 0) is 10.8 Å². The second kappa shape index (κ2) is 14.1. The number of benzene rings is 12. The molecular weight excluding hydrogens is 921 g/mol. The van der Waals surface area contributed by atoms with Gasteiger partial charge >= 0.3 is 0 Å². The normalized spacial score (nSPS) is 14.4. The minimum Gasteiger partial charge on any atom is -0.289 e. The first kappa shape index (κ1) is 40.7. The Hall–Kier alpha value is -9.76. The van der Waals surface area contributed by atoms with Gasteiger partial charge in [0.1, 0.15) is 0 Å². The molecule has 0 unspecified atom stereocenters. The van der Waals surface area contributed by atoms with Crippen molar-refractivity contribution in [1.29, 1.82) is 0 Å². The molecule has 0 aliphatic heterocycles. The molecule has 0 heterocycles. The number of fused-ring (bicyclic) bond motifs is 30. The average Bonchev–Trinajstić information content (AvgIpc) is 4.48. The second-order valence-electron chi connectivity index (χ2n) is 21.5. The number of rotatable bonds is 2. The summed E-state index contributed by atoms with van der Waals surface area (Å²) in [5.41, 5.74) is 23.3. The third-order valence-corrected chi connectivity index (χ3v) is 18.4. The lowest BCUT2D eigenvalue weighted by Crippen LogP contribution is -2.25. The molecule has 76 heavy (non-hydrogen) atoms. The summed E-state index contributed by atoms with van der Waals surface area (Å²) in [6.07, 6.45) is 0. The molecule has 4 aliphatic rings. The Labute approximate surface area is 436 Å². The Kier molecular flexibility index (Phi) is 7.54. The fourth-order valence-corrected chi connectivity index (χ4v) is 15.5. The fraction of sp³-hybridized carbons (Fsp3) is 0.0270. The van der Waals surface area contributed by atoms with Crippen LogP contribution in [0.2, 0.25) is 0 Å². The van der Waals surface area contributed by atoms with Crippen molar-refractivity contribution in [3.8, 4) is 66.8 Å². The van der Waals surface area contributed by atoms with Gasteiger partial charge in [0.25, 0.3) is 0 Å². The fourth-order valence-electron chi connectivity index (χ4n) is 15.5. The summed E-state index contributed by atoms with van der Waals surface area (Å²) in [5, 5.41) is 7.72. The van der Waals surface area contributed by atoms with Crippen LogP contribution in [-0.4, -0.2) is 0 Å². The maximum Gasteiger partial charge on any atom is 0.195 e. The van der Waals surface area contributed by atoms with Gasteiger partial charge in [0, 0.05) is 32.3 Å². The second-order valence-corrected chi connectivity index (χ2v) is 21.5. The zero-order valence-electron chi connectivity index (χ0n) is 40.9. The summed E-state index contributed by atoms with van der Waals surface area (Å²) in [4.78, 5) is 30.8. The molecule has 348 valence electrons. The smallest absolute Gasteiger partial charge is 0.195 e. The van der Waals surface area contributed by atoms with E-state index in [0.29, 0.717) is 21.5 Å². The number of hydrogen-bond donors (Lipinski definition) is 0. The highest BCUT2D eigenvalue weighted by molar-refractivity contribution is 6.38. The lowest BCUT2D eigenvalue weighted by molar-refractivity contribution is 0.794. The monoisotopic (exact) mass is 960 g/mol. The summed E-state index contributed by atoms with van der Waals surface area (Å²) >= 11 is 0. The summed E-state index contributed by atoms with van der Waals surface area (Å²) in [6.45, 7) is 0. The molecule has 0 amide bonds. The molecule has 4 aliphatic carbocycles. The molecule has 2 nitrogen and oxygen atoms in total. The molecule has 2 spiro atoms. The summed E-state index contributed by atoms with van der Waals surface area (Å²) in [5.74, 6) is 0. The standard InChI is InChI=1S/C74H40O2/c75-71-57-38-41(43-32-36-65-56(37-43)50-20-8-14-28-64(50)73(65)59-23-9-3-15-45(59)46-16-4-10-24-60(46)73)30-34-54(57)67-52-21-1-2-22-53(52)68-55-35-31-42(39-58(55)72(76)70(68)69(67)71)44-29-33-51-49-19-7-13-27-63(49)74(66(51)40-44)61-25-11-5-17-47(61)48-18-6-12-26-62(48)74/h1-40H. The summed E-state index contributed by atoms with van der Waals surface area (Å²) in [7, 11) is 0. The predicted octanol–water partition coefficient (Wildman–Crippen LogP) is 17.1. The maximum absolute atomic E-state index is 15.4. The van der Waals surface area contributed by atoms with E-state index in [1.54, 1.807) is 0 Å². The van der Waals surface area contributed by atoms with Gasteiger partial charge in [-0.1, -0.05) is 218 Å². The molecule has 14 aromatic rings. The van der Waals surface area contributed by atoms with Crippen LogP contribution in [0.3, 0.4) is 0 Å². The van der Waals surface area contributed by atoms with Crippen molar-refractivity contribution in [1.82, 2.24) is 0 Å². The van der Waals surface area contributed by atoms with Crippen molar-refractivity contribution in [3.05, 3.63) is 308 Å². The van der Waals surface area contributed by atoms with Crippen molar-refractivity contribution in [2.24, 2.45) is 0 Å². The molecule has 0 N–H and O–H groups in total. The van der Waals surface area contributed by atoms with Crippen LogP contribution < -0.4 is 10.9 Å². The van der Waals surface area contributed by atoms with Gasteiger partial charge in [0.05, 0.1) is 10.8 Å². The Bertz CT molecular complexity index is 5010. The van der Waals surface area contributed by atoms with Crippen LogP contribution in [0.15, 0.2) is 252 Å². The molecule has 0 atom stereocenters. The zero-order chi connectivity index (χ0) is 49.8. The predicted molar refractivity (Wildman–Crippen MR) is 312 cm³/mol. The Morgan fingerprint density at radius 3 is 0.921 bits per heavy atom. The van der Waals surface area contributed by atoms with Crippen LogP contribution in [0.5, 0.6) is 0 Å². The van der Waals surface area contributed by atoms with Crippen molar-refractivity contribution >= 4 is 53.9 Å². The first-order chi connectivity index (χ1) is 37.5. The first-order valence-corrected chi connectivity index (χ1v) is 26.4. The Balaban J connectivity index is 0.817. The van der Waals surface area contributed by atoms with Gasteiger partial charge in [-0.3, -0.25) is 9.59 Å². The third-order valence-electron chi connectivity index (χ3n) is 18.4. The molecule has 18 rings (SSSR count). The Morgan fingerprint density at radius 2 is 0.487 bits per heavy atom. The lowest BCUT2D eigenvalue weighted by Gasteiger charge is -2.30. The average molecular weight is 961 g/mol. The van der Waals surface area contributed by atoms with E-state index in [0.717, 1.165) is 54.6 Å². The molecule has 0 bridgehead atoms. The van der Waals surface area contributed by atoms with Crippen LogP contribution in [0.4, 0.5) is 0 Å². The van der Waals surface area contributed by atoms with E-state index in [1.807, 2.05) is 12.1 Å². The van der Waals surface area contributed by atoms with Gasteiger partial charge in [0.2, 0.25) is 0 Å². The van der Waals surface area contributed by atoms with E-state index >= 15 is 9.59 Å². The minimum absolute atomic E-state index is 0.0968. The van der Waals surface area contributed by atoms with E-state index in [-0.39, 0.29) is 10.9 Å². The lowest BCUT2D eigenvalue weighted by atomic mass is 9.70. The summed E-state index contributed by atoms with van der Waals surface area (Å²) < 4.78 is 0. The van der Waals surface area contributed by atoms with E-state index < -0.39 is 10.8 Å². The quantitative estimate of drug-likeness (QED) is 0.173. The highest BCUT2D eigenvalue weighted by atomic mass is 16.1. The molecule has 0 saturated carbocycles. The van der Waals surface area contributed by atoms with Crippen LogP contribution in [0, 0.1) is 0 Å². The van der Waals surface area contributed by atoms with Crippen LogP contribution in [0.1, 0.15) is 44.5 Å². The molecule has 14 aromatic carbocycles.